The highest BCUT2D eigenvalue weighted by Crippen LogP contribution is 2.18. The summed E-state index contributed by atoms with van der Waals surface area (Å²) in [6, 6.07) is 7.42. The van der Waals surface area contributed by atoms with Crippen molar-refractivity contribution < 1.29 is 12.9 Å². The third-order valence-electron chi connectivity index (χ3n) is 2.61. The van der Waals surface area contributed by atoms with Crippen molar-refractivity contribution in [3.63, 3.8) is 0 Å². The third kappa shape index (κ3) is 2.48. The highest BCUT2D eigenvalue weighted by molar-refractivity contribution is 7.89. The van der Waals surface area contributed by atoms with Crippen molar-refractivity contribution in [1.29, 1.82) is 0 Å². The molecule has 0 saturated heterocycles. The molecule has 0 aliphatic rings. The van der Waals surface area contributed by atoms with E-state index in [9.17, 15) is 8.42 Å². The smallest absolute Gasteiger partial charge is 0.213 e. The van der Waals surface area contributed by atoms with Crippen molar-refractivity contribution in [2.24, 2.45) is 0 Å². The molecule has 92 valence electrons. The van der Waals surface area contributed by atoms with Crippen LogP contribution in [0.15, 0.2) is 28.8 Å². The van der Waals surface area contributed by atoms with Crippen LogP contribution in [0.1, 0.15) is 5.69 Å². The standard InChI is InChI=1S/C11H14N2O3S/c1-13(2)17(14,15)8-7-10-9-5-3-4-6-11(9)16-12-10/h3-6H,7-8H2,1-2H3. The molecular formula is C11H14N2O3S. The van der Waals surface area contributed by atoms with Gasteiger partial charge in [-0.15, -0.1) is 0 Å². The van der Waals surface area contributed by atoms with Crippen LogP contribution in [0.25, 0.3) is 11.0 Å². The number of sulfonamides is 1. The maximum atomic E-state index is 11.6. The molecule has 0 spiro atoms. The molecule has 0 amide bonds. The van der Waals surface area contributed by atoms with Gasteiger partial charge < -0.3 is 4.52 Å². The van der Waals surface area contributed by atoms with Gasteiger partial charge in [0.15, 0.2) is 5.58 Å². The first kappa shape index (κ1) is 12.1. The molecule has 0 N–H and O–H groups in total. The quantitative estimate of drug-likeness (QED) is 0.824. The Hall–Kier alpha value is -1.40. The normalized spacial score (nSPS) is 12.4. The summed E-state index contributed by atoms with van der Waals surface area (Å²) < 4.78 is 29.6. The van der Waals surface area contributed by atoms with Crippen LogP contribution in [0.3, 0.4) is 0 Å². The van der Waals surface area contributed by atoms with E-state index in [4.69, 9.17) is 4.52 Å². The van der Waals surface area contributed by atoms with Crippen LogP contribution in [0, 0.1) is 0 Å². The number of aryl methyl sites for hydroxylation is 1. The number of aromatic nitrogens is 1. The first-order valence-electron chi connectivity index (χ1n) is 5.24. The average Bonchev–Trinajstić information content (AvgIpc) is 2.69. The molecule has 0 radical (unpaired) electrons. The second kappa shape index (κ2) is 4.46. The van der Waals surface area contributed by atoms with E-state index in [0.29, 0.717) is 17.7 Å². The predicted octanol–water partition coefficient (Wildman–Crippen LogP) is 1.26. The summed E-state index contributed by atoms with van der Waals surface area (Å²) in [6.07, 6.45) is 0.359. The van der Waals surface area contributed by atoms with Crippen molar-refractivity contribution in [2.45, 2.75) is 6.42 Å². The van der Waals surface area contributed by atoms with Crippen LogP contribution in [0.5, 0.6) is 0 Å². The van der Waals surface area contributed by atoms with E-state index in [2.05, 4.69) is 5.16 Å². The van der Waals surface area contributed by atoms with E-state index in [-0.39, 0.29) is 5.75 Å². The number of nitrogens with zero attached hydrogens (tertiary/aromatic N) is 2. The molecule has 1 heterocycles. The molecule has 0 fully saturated rings. The fraction of sp³-hybridized carbons (Fsp3) is 0.364. The lowest BCUT2D eigenvalue weighted by atomic mass is 10.2. The van der Waals surface area contributed by atoms with Gasteiger partial charge in [0.05, 0.1) is 11.4 Å². The number of rotatable bonds is 4. The molecule has 1 aromatic heterocycles. The highest BCUT2D eigenvalue weighted by atomic mass is 32.2. The Morgan fingerprint density at radius 1 is 1.29 bits per heavy atom. The zero-order valence-electron chi connectivity index (χ0n) is 9.75. The summed E-state index contributed by atoms with van der Waals surface area (Å²) in [6.45, 7) is 0. The highest BCUT2D eigenvalue weighted by Gasteiger charge is 2.16. The first-order valence-corrected chi connectivity index (χ1v) is 6.85. The van der Waals surface area contributed by atoms with Gasteiger partial charge in [-0.25, -0.2) is 12.7 Å². The first-order chi connectivity index (χ1) is 8.00. The molecule has 2 aromatic rings. The topological polar surface area (TPSA) is 63.4 Å². The van der Waals surface area contributed by atoms with Crippen LogP contribution < -0.4 is 0 Å². The molecule has 0 saturated carbocycles. The summed E-state index contributed by atoms with van der Waals surface area (Å²) in [5, 5.41) is 4.78. The monoisotopic (exact) mass is 254 g/mol. The lowest BCUT2D eigenvalue weighted by molar-refractivity contribution is 0.446. The molecule has 0 atom stereocenters. The van der Waals surface area contributed by atoms with Crippen LogP contribution >= 0.6 is 0 Å². The SMILES string of the molecule is CN(C)S(=O)(=O)CCc1noc2ccccc12. The van der Waals surface area contributed by atoms with Gasteiger partial charge in [-0.05, 0) is 12.1 Å². The molecule has 0 unspecified atom stereocenters. The largest absolute Gasteiger partial charge is 0.356 e. The molecule has 2 rings (SSSR count). The van der Waals surface area contributed by atoms with Gasteiger partial charge in [0, 0.05) is 25.9 Å². The molecule has 6 heteroatoms. The molecule has 5 nitrogen and oxygen atoms in total. The molecular weight excluding hydrogens is 240 g/mol. The Morgan fingerprint density at radius 2 is 2.00 bits per heavy atom. The van der Waals surface area contributed by atoms with Crippen molar-refractivity contribution in [3.8, 4) is 0 Å². The maximum Gasteiger partial charge on any atom is 0.213 e. The van der Waals surface area contributed by atoms with Crippen LogP contribution in [-0.4, -0.2) is 37.7 Å². The summed E-state index contributed by atoms with van der Waals surface area (Å²) in [5.74, 6) is 0.0382. The lowest BCUT2D eigenvalue weighted by Crippen LogP contribution is -2.26. The second-order valence-corrected chi connectivity index (χ2v) is 6.28. The Balaban J connectivity index is 2.20. The van der Waals surface area contributed by atoms with E-state index >= 15 is 0 Å². The van der Waals surface area contributed by atoms with Crippen molar-refractivity contribution >= 4 is 21.0 Å². The molecule has 0 bridgehead atoms. The zero-order valence-corrected chi connectivity index (χ0v) is 10.6. The number of fused-ring (bicyclic) bond motifs is 1. The van der Waals surface area contributed by atoms with Gasteiger partial charge in [0.25, 0.3) is 0 Å². The average molecular weight is 254 g/mol. The minimum absolute atomic E-state index is 0.0382. The lowest BCUT2D eigenvalue weighted by Gasteiger charge is -2.09. The molecule has 1 aromatic carbocycles. The fourth-order valence-corrected chi connectivity index (χ4v) is 2.34. The fourth-order valence-electron chi connectivity index (χ4n) is 1.53. The van der Waals surface area contributed by atoms with E-state index in [1.54, 1.807) is 0 Å². The summed E-state index contributed by atoms with van der Waals surface area (Å²) in [7, 11) is -0.143. The third-order valence-corrected chi connectivity index (χ3v) is 4.44. The molecule has 0 aliphatic carbocycles. The number of hydrogen-bond donors (Lipinski definition) is 0. The van der Waals surface area contributed by atoms with E-state index in [1.807, 2.05) is 24.3 Å². The molecule has 17 heavy (non-hydrogen) atoms. The van der Waals surface area contributed by atoms with Crippen molar-refractivity contribution in [3.05, 3.63) is 30.0 Å². The zero-order chi connectivity index (χ0) is 12.5. The Bertz CT molecular complexity index is 616. The van der Waals surface area contributed by atoms with E-state index < -0.39 is 10.0 Å². The van der Waals surface area contributed by atoms with Gasteiger partial charge in [0.1, 0.15) is 0 Å². The van der Waals surface area contributed by atoms with Gasteiger partial charge in [-0.3, -0.25) is 0 Å². The Labute approximate surface area is 100 Å². The van der Waals surface area contributed by atoms with Gasteiger partial charge >= 0.3 is 0 Å². The van der Waals surface area contributed by atoms with Crippen LogP contribution in [0.2, 0.25) is 0 Å². The second-order valence-electron chi connectivity index (χ2n) is 3.97. The van der Waals surface area contributed by atoms with Gasteiger partial charge in [0.2, 0.25) is 10.0 Å². The van der Waals surface area contributed by atoms with Gasteiger partial charge in [-0.2, -0.15) is 0 Å². The van der Waals surface area contributed by atoms with Crippen LogP contribution in [0.4, 0.5) is 0 Å². The van der Waals surface area contributed by atoms with Gasteiger partial charge in [-0.1, -0.05) is 17.3 Å². The number of para-hydroxylation sites is 1. The number of hydrogen-bond acceptors (Lipinski definition) is 4. The maximum absolute atomic E-state index is 11.6. The predicted molar refractivity (Wildman–Crippen MR) is 65.2 cm³/mol. The summed E-state index contributed by atoms with van der Waals surface area (Å²) in [5.41, 5.74) is 1.37. The summed E-state index contributed by atoms with van der Waals surface area (Å²) >= 11 is 0. The minimum atomic E-state index is -3.19. The van der Waals surface area contributed by atoms with Crippen LogP contribution in [-0.2, 0) is 16.4 Å². The minimum Gasteiger partial charge on any atom is -0.356 e. The van der Waals surface area contributed by atoms with Crippen molar-refractivity contribution in [2.75, 3.05) is 19.8 Å². The number of benzene rings is 1. The Kier molecular flexibility index (Phi) is 3.17. The van der Waals surface area contributed by atoms with Crippen molar-refractivity contribution in [1.82, 2.24) is 9.46 Å². The molecule has 0 aliphatic heterocycles. The van der Waals surface area contributed by atoms with E-state index in [1.165, 1.54) is 18.4 Å². The van der Waals surface area contributed by atoms with E-state index in [0.717, 1.165) is 5.39 Å². The Morgan fingerprint density at radius 3 is 2.71 bits per heavy atom. The summed E-state index contributed by atoms with van der Waals surface area (Å²) in [4.78, 5) is 0.